The van der Waals surface area contributed by atoms with Gasteiger partial charge in [0.15, 0.2) is 0 Å². The van der Waals surface area contributed by atoms with Crippen molar-refractivity contribution in [3.8, 4) is 0 Å². The van der Waals surface area contributed by atoms with Crippen LogP contribution in [0.15, 0.2) is 24.4 Å². The Morgan fingerprint density at radius 2 is 2.06 bits per heavy atom. The summed E-state index contributed by atoms with van der Waals surface area (Å²) < 4.78 is 13.9. The van der Waals surface area contributed by atoms with Crippen LogP contribution in [0.5, 0.6) is 0 Å². The van der Waals surface area contributed by atoms with Crippen molar-refractivity contribution in [2.75, 3.05) is 0 Å². The van der Waals surface area contributed by atoms with Crippen molar-refractivity contribution in [3.05, 3.63) is 30.1 Å². The summed E-state index contributed by atoms with van der Waals surface area (Å²) in [5.41, 5.74) is 0.859. The fourth-order valence-electron chi connectivity index (χ4n) is 3.26. The lowest BCUT2D eigenvalue weighted by molar-refractivity contribution is -0.850. The Labute approximate surface area is 104 Å². The van der Waals surface area contributed by atoms with Crippen LogP contribution in [0.25, 0.3) is 0 Å². The summed E-state index contributed by atoms with van der Waals surface area (Å²) in [5.74, 6) is 2.35. The van der Waals surface area contributed by atoms with E-state index in [1.165, 1.54) is 19.0 Å². The molecule has 0 amide bonds. The molecule has 94 valence electrons. The maximum atomic E-state index is 13.9. The van der Waals surface area contributed by atoms with Crippen LogP contribution in [0, 0.1) is 17.8 Å². The van der Waals surface area contributed by atoms with E-state index in [0.717, 1.165) is 22.8 Å². The van der Waals surface area contributed by atoms with Gasteiger partial charge in [0.05, 0.1) is 10.4 Å². The van der Waals surface area contributed by atoms with Crippen LogP contribution < -0.4 is 4.79 Å². The minimum Gasteiger partial charge on any atom is -0.0625 e. The van der Waals surface area contributed by atoms with Crippen molar-refractivity contribution >= 4 is 0 Å². The summed E-state index contributed by atoms with van der Waals surface area (Å²) >= 11 is 0. The summed E-state index contributed by atoms with van der Waals surface area (Å²) in [6, 6.07) is 5.64. The van der Waals surface area contributed by atoms with Gasteiger partial charge in [0.1, 0.15) is 0 Å². The van der Waals surface area contributed by atoms with E-state index < -0.39 is 0 Å². The van der Waals surface area contributed by atoms with Crippen molar-refractivity contribution in [3.63, 3.8) is 0 Å². The average Bonchev–Trinajstić information content (AvgIpc) is 2.29. The Balaban J connectivity index is 2.29. The molecule has 1 nitrogen and oxygen atoms in total. The molecule has 0 unspecified atom stereocenters. The van der Waals surface area contributed by atoms with Crippen LogP contribution in [0.2, 0.25) is 0 Å². The van der Waals surface area contributed by atoms with Crippen LogP contribution in [0.1, 0.15) is 51.6 Å². The monoisotopic (exact) mass is 236 g/mol. The molecule has 0 saturated heterocycles. The Hall–Kier alpha value is -0.920. The van der Waals surface area contributed by atoms with Crippen molar-refractivity contribution in [2.24, 2.45) is 17.8 Å². The molecular weight excluding hydrogens is 213 g/mol. The summed E-state index contributed by atoms with van der Waals surface area (Å²) in [6.45, 7) is 6.81. The highest BCUT2D eigenvalue weighted by molar-refractivity contribution is 5.07. The normalized spacial score (nSPS) is 29.6. The molecule has 1 aliphatic rings. The van der Waals surface area contributed by atoms with Gasteiger partial charge in [-0.25, -0.2) is 0 Å². The van der Waals surface area contributed by atoms with Gasteiger partial charge < -0.3 is 0 Å². The first-order valence-corrected chi connectivity index (χ1v) is 6.76. The first-order valence-electron chi connectivity index (χ1n) is 6.76. The quantitative estimate of drug-likeness (QED) is 0.733. The largest absolute Gasteiger partial charge is 0.233 e. The second-order valence-electron chi connectivity index (χ2n) is 5.87. The molecule has 3 atom stereocenters. The van der Waals surface area contributed by atoms with Crippen LogP contribution in [0.4, 0.5) is 4.48 Å². The Kier molecular flexibility index (Phi) is 3.80. The van der Waals surface area contributed by atoms with Gasteiger partial charge in [-0.05, 0) is 36.7 Å². The first-order chi connectivity index (χ1) is 8.09. The Bertz CT molecular complexity index is 375. The lowest BCUT2D eigenvalue weighted by Crippen LogP contribution is -2.36. The molecule has 1 aliphatic carbocycles. The topological polar surface area (TPSA) is 3.88 Å². The van der Waals surface area contributed by atoms with Gasteiger partial charge in [-0.15, -0.1) is 0 Å². The molecular formula is C15H23FN+. The zero-order valence-corrected chi connectivity index (χ0v) is 11.1. The van der Waals surface area contributed by atoms with Gasteiger partial charge in [-0.3, -0.25) is 0 Å². The van der Waals surface area contributed by atoms with Crippen molar-refractivity contribution in [1.82, 2.24) is 0 Å². The number of halogens is 1. The summed E-state index contributed by atoms with van der Waals surface area (Å²) in [6.07, 6.45) is 5.17. The van der Waals surface area contributed by atoms with Gasteiger partial charge in [0, 0.05) is 16.9 Å². The van der Waals surface area contributed by atoms with Crippen LogP contribution in [0.3, 0.4) is 0 Å². The number of hydrogen-bond donors (Lipinski definition) is 0. The van der Waals surface area contributed by atoms with E-state index in [2.05, 4.69) is 20.8 Å². The summed E-state index contributed by atoms with van der Waals surface area (Å²) in [7, 11) is 0. The van der Waals surface area contributed by atoms with E-state index in [9.17, 15) is 4.48 Å². The molecule has 1 heterocycles. The zero-order chi connectivity index (χ0) is 12.4. The predicted octanol–water partition coefficient (Wildman–Crippen LogP) is 3.88. The third-order valence-corrected chi connectivity index (χ3v) is 4.24. The van der Waals surface area contributed by atoms with E-state index >= 15 is 0 Å². The molecule has 1 fully saturated rings. The second-order valence-corrected chi connectivity index (χ2v) is 5.87. The van der Waals surface area contributed by atoms with Crippen molar-refractivity contribution in [2.45, 2.75) is 46.0 Å². The minimum atomic E-state index is 0.380. The van der Waals surface area contributed by atoms with Gasteiger partial charge >= 0.3 is 0 Å². The molecule has 0 N–H and O–H groups in total. The fourth-order valence-corrected chi connectivity index (χ4v) is 3.26. The van der Waals surface area contributed by atoms with E-state index in [-0.39, 0.29) is 0 Å². The summed E-state index contributed by atoms with van der Waals surface area (Å²) in [5, 5.41) is 0. The fraction of sp³-hybridized carbons (Fsp3) is 0.667. The molecule has 2 rings (SSSR count). The smallest absolute Gasteiger partial charge is 0.0625 e. The van der Waals surface area contributed by atoms with Gasteiger partial charge in [-0.2, -0.15) is 0 Å². The second kappa shape index (κ2) is 5.16. The van der Waals surface area contributed by atoms with Crippen molar-refractivity contribution in [1.29, 1.82) is 0 Å². The number of rotatable bonds is 2. The highest BCUT2D eigenvalue weighted by atomic mass is 19.2. The third kappa shape index (κ3) is 2.67. The maximum absolute atomic E-state index is 13.9. The molecule has 1 aromatic rings. The molecule has 0 bridgehead atoms. The lowest BCUT2D eigenvalue weighted by atomic mass is 9.69. The molecule has 17 heavy (non-hydrogen) atoms. The van der Waals surface area contributed by atoms with Crippen LogP contribution in [-0.2, 0) is 0 Å². The number of nitrogens with zero attached hydrogens (tertiary/aromatic N) is 1. The third-order valence-electron chi connectivity index (χ3n) is 4.24. The van der Waals surface area contributed by atoms with Crippen LogP contribution in [-0.4, -0.2) is 0 Å². The Morgan fingerprint density at radius 1 is 1.29 bits per heavy atom. The van der Waals surface area contributed by atoms with E-state index in [4.69, 9.17) is 0 Å². The highest BCUT2D eigenvalue weighted by Crippen LogP contribution is 2.42. The zero-order valence-electron chi connectivity index (χ0n) is 11.1. The summed E-state index contributed by atoms with van der Waals surface area (Å²) in [4.78, 5) is 0.818. The van der Waals surface area contributed by atoms with E-state index in [0.29, 0.717) is 17.8 Å². The predicted molar refractivity (Wildman–Crippen MR) is 67.2 cm³/mol. The molecule has 0 radical (unpaired) electrons. The van der Waals surface area contributed by atoms with E-state index in [1.54, 1.807) is 6.07 Å². The molecule has 0 spiro atoms. The van der Waals surface area contributed by atoms with Gasteiger partial charge in [0.2, 0.25) is 11.9 Å². The first kappa shape index (κ1) is 12.5. The standard InChI is InChI=1S/C15H23FN/c1-11(2)13-8-7-12(3)10-14(13)15-6-4-5-9-17(15)16/h4-6,9,11-14H,7-8,10H2,1-3H3/q+1/t12-,13+,14-/m1/s1. The van der Waals surface area contributed by atoms with Crippen LogP contribution >= 0.6 is 0 Å². The number of hydrogen-bond acceptors (Lipinski definition) is 0. The molecule has 0 aliphatic heterocycles. The lowest BCUT2D eigenvalue weighted by Gasteiger charge is -2.35. The van der Waals surface area contributed by atoms with Gasteiger partial charge in [0.25, 0.3) is 0 Å². The minimum absolute atomic E-state index is 0.380. The van der Waals surface area contributed by atoms with Crippen molar-refractivity contribution < 1.29 is 9.27 Å². The highest BCUT2D eigenvalue weighted by Gasteiger charge is 2.37. The SMILES string of the molecule is CC(C)[C@@H]1CC[C@@H](C)C[C@H]1c1cccc[n+]1F. The molecule has 1 aromatic heterocycles. The molecule has 2 heteroatoms. The molecule has 0 aromatic carbocycles. The average molecular weight is 236 g/mol. The Morgan fingerprint density at radius 3 is 2.71 bits per heavy atom. The number of aromatic nitrogens is 1. The van der Waals surface area contributed by atoms with E-state index in [1.807, 2.05) is 12.1 Å². The van der Waals surface area contributed by atoms with Gasteiger partial charge in [-0.1, -0.05) is 27.2 Å². The molecule has 1 saturated carbocycles. The number of pyridine rings is 1. The maximum Gasteiger partial charge on any atom is 0.233 e.